The molecule has 0 aromatic carbocycles. The molecule has 0 radical (unpaired) electrons. The van der Waals surface area contributed by atoms with E-state index in [2.05, 4.69) is 18.7 Å². The van der Waals surface area contributed by atoms with Crippen LogP contribution in [0.4, 0.5) is 4.79 Å². The van der Waals surface area contributed by atoms with Gasteiger partial charge < -0.3 is 14.5 Å². The topological polar surface area (TPSA) is 53.1 Å². The number of ether oxygens (including phenoxy) is 1. The molecule has 2 saturated heterocycles. The van der Waals surface area contributed by atoms with Crippen LogP contribution >= 0.6 is 0 Å². The number of hydrogen-bond acceptors (Lipinski definition) is 4. The van der Waals surface area contributed by atoms with Gasteiger partial charge in [-0.2, -0.15) is 0 Å². The molecule has 2 saturated carbocycles. The average Bonchev–Trinajstić information content (AvgIpc) is 2.97. The maximum Gasteiger partial charge on any atom is 0.409 e. The predicted octanol–water partition coefficient (Wildman–Crippen LogP) is 2.04. The third-order valence-electron chi connectivity index (χ3n) is 7.35. The normalized spacial score (nSPS) is 34.5. The van der Waals surface area contributed by atoms with Gasteiger partial charge in [0.15, 0.2) is 0 Å². The van der Waals surface area contributed by atoms with E-state index in [9.17, 15) is 9.59 Å². The number of nitrogens with zero attached hydrogens (tertiary/aromatic N) is 3. The van der Waals surface area contributed by atoms with Crippen molar-refractivity contribution < 1.29 is 14.3 Å². The molecule has 6 nitrogen and oxygen atoms in total. The summed E-state index contributed by atoms with van der Waals surface area (Å²) in [7, 11) is 0. The lowest BCUT2D eigenvalue weighted by molar-refractivity contribution is -0.133. The molecule has 2 aliphatic carbocycles. The van der Waals surface area contributed by atoms with Crippen LogP contribution in [0.15, 0.2) is 0 Å². The highest BCUT2D eigenvalue weighted by Gasteiger charge is 2.62. The molecule has 2 amide bonds. The Morgan fingerprint density at radius 2 is 1.77 bits per heavy atom. The molecule has 146 valence electrons. The number of carbonyl (C=O) groups is 2. The summed E-state index contributed by atoms with van der Waals surface area (Å²) in [6, 6.07) is 0.649. The van der Waals surface area contributed by atoms with Crippen LogP contribution in [0, 0.1) is 23.2 Å². The molecule has 6 heteroatoms. The number of amides is 2. The Morgan fingerprint density at radius 1 is 1.12 bits per heavy atom. The van der Waals surface area contributed by atoms with Crippen molar-refractivity contribution in [2.75, 3.05) is 45.9 Å². The van der Waals surface area contributed by atoms with Gasteiger partial charge in [-0.15, -0.1) is 0 Å². The highest BCUT2D eigenvalue weighted by atomic mass is 16.6. The summed E-state index contributed by atoms with van der Waals surface area (Å²) in [5, 5.41) is 0. The van der Waals surface area contributed by atoms with Crippen LogP contribution in [0.25, 0.3) is 0 Å². The van der Waals surface area contributed by atoms with Gasteiger partial charge in [-0.25, -0.2) is 4.79 Å². The van der Waals surface area contributed by atoms with Gasteiger partial charge in [0.25, 0.3) is 0 Å². The number of carbonyl (C=O) groups excluding carboxylic acids is 2. The van der Waals surface area contributed by atoms with E-state index in [1.54, 1.807) is 0 Å². The van der Waals surface area contributed by atoms with Crippen molar-refractivity contribution >= 4 is 12.0 Å². The molecule has 3 atom stereocenters. The molecule has 0 bridgehead atoms. The SMILES string of the molecule is CCOC(=O)N1CC2(CCC(N3CC4C(C3)C4C(=O)N(CC)CC)C2)C1. The number of fused-ring (bicyclic) bond motifs is 1. The maximum absolute atomic E-state index is 12.6. The maximum atomic E-state index is 12.6. The number of rotatable bonds is 5. The summed E-state index contributed by atoms with van der Waals surface area (Å²) in [5.41, 5.74) is 0.334. The van der Waals surface area contributed by atoms with E-state index >= 15 is 0 Å². The van der Waals surface area contributed by atoms with E-state index < -0.39 is 0 Å². The van der Waals surface area contributed by atoms with Gasteiger partial charge in [0, 0.05) is 56.6 Å². The molecular formula is C20H33N3O3. The van der Waals surface area contributed by atoms with Gasteiger partial charge in [-0.05, 0) is 51.9 Å². The lowest BCUT2D eigenvalue weighted by Gasteiger charge is -2.47. The molecule has 3 unspecified atom stereocenters. The average molecular weight is 364 g/mol. The van der Waals surface area contributed by atoms with Crippen molar-refractivity contribution in [2.24, 2.45) is 23.2 Å². The van der Waals surface area contributed by atoms with Gasteiger partial charge in [-0.1, -0.05) is 0 Å². The lowest BCUT2D eigenvalue weighted by Crippen LogP contribution is -2.57. The van der Waals surface area contributed by atoms with Crippen LogP contribution in [-0.2, 0) is 9.53 Å². The molecule has 2 aliphatic heterocycles. The molecule has 4 rings (SSSR count). The van der Waals surface area contributed by atoms with Gasteiger partial charge in [0.05, 0.1) is 6.61 Å². The zero-order valence-electron chi connectivity index (χ0n) is 16.4. The largest absolute Gasteiger partial charge is 0.450 e. The van der Waals surface area contributed by atoms with Gasteiger partial charge in [0.2, 0.25) is 5.91 Å². The first-order chi connectivity index (χ1) is 12.5. The molecular weight excluding hydrogens is 330 g/mol. The van der Waals surface area contributed by atoms with Gasteiger partial charge in [0.1, 0.15) is 0 Å². The number of likely N-dealkylation sites (tertiary alicyclic amines) is 2. The minimum Gasteiger partial charge on any atom is -0.450 e. The van der Waals surface area contributed by atoms with Gasteiger partial charge in [-0.3, -0.25) is 9.69 Å². The summed E-state index contributed by atoms with van der Waals surface area (Å²) in [5.74, 6) is 1.87. The highest BCUT2D eigenvalue weighted by molar-refractivity contribution is 5.82. The molecule has 2 heterocycles. The first kappa shape index (κ1) is 18.1. The molecule has 1 spiro atoms. The fourth-order valence-electron chi connectivity index (χ4n) is 5.85. The Hall–Kier alpha value is -1.30. The second-order valence-electron chi connectivity index (χ2n) is 8.77. The Balaban J connectivity index is 1.24. The first-order valence-corrected chi connectivity index (χ1v) is 10.5. The zero-order valence-corrected chi connectivity index (χ0v) is 16.4. The first-order valence-electron chi connectivity index (χ1n) is 10.5. The van der Waals surface area contributed by atoms with E-state index in [1.807, 2.05) is 16.7 Å². The fraction of sp³-hybridized carbons (Fsp3) is 0.900. The summed E-state index contributed by atoms with van der Waals surface area (Å²) < 4.78 is 5.11. The van der Waals surface area contributed by atoms with Crippen molar-refractivity contribution in [1.29, 1.82) is 0 Å². The molecule has 4 fully saturated rings. The molecule has 26 heavy (non-hydrogen) atoms. The fourth-order valence-corrected chi connectivity index (χ4v) is 5.85. The zero-order chi connectivity index (χ0) is 18.5. The number of hydrogen-bond donors (Lipinski definition) is 0. The third kappa shape index (κ3) is 2.90. The Labute approximate surface area is 156 Å². The summed E-state index contributed by atoms with van der Waals surface area (Å²) in [6.07, 6.45) is 3.52. The number of piperidine rings is 1. The lowest BCUT2D eigenvalue weighted by atomic mass is 9.78. The van der Waals surface area contributed by atoms with Crippen molar-refractivity contribution in [3.63, 3.8) is 0 Å². The minimum absolute atomic E-state index is 0.151. The van der Waals surface area contributed by atoms with Crippen molar-refractivity contribution in [1.82, 2.24) is 14.7 Å². The molecule has 0 N–H and O–H groups in total. The second kappa shape index (κ2) is 6.70. The Kier molecular flexibility index (Phi) is 4.66. The van der Waals surface area contributed by atoms with E-state index in [4.69, 9.17) is 4.74 Å². The second-order valence-corrected chi connectivity index (χ2v) is 8.77. The smallest absolute Gasteiger partial charge is 0.409 e. The Bertz CT molecular complexity index is 559. The third-order valence-corrected chi connectivity index (χ3v) is 7.35. The van der Waals surface area contributed by atoms with E-state index in [-0.39, 0.29) is 6.09 Å². The monoisotopic (exact) mass is 363 g/mol. The molecule has 0 aromatic rings. The molecule has 0 aromatic heterocycles. The minimum atomic E-state index is -0.151. The van der Waals surface area contributed by atoms with Gasteiger partial charge >= 0.3 is 6.09 Å². The quantitative estimate of drug-likeness (QED) is 0.750. The summed E-state index contributed by atoms with van der Waals surface area (Å²) >= 11 is 0. The van der Waals surface area contributed by atoms with Crippen molar-refractivity contribution in [3.8, 4) is 0 Å². The standard InChI is InChI=1S/C20H33N3O3/c1-4-21(5-2)18(24)17-15-10-22(11-16(15)17)14-7-8-20(9-14)12-23(13-20)19(25)26-6-3/h14-17H,4-13H2,1-3H3. The van der Waals surface area contributed by atoms with Crippen LogP contribution in [0.5, 0.6) is 0 Å². The predicted molar refractivity (Wildman–Crippen MR) is 98.6 cm³/mol. The van der Waals surface area contributed by atoms with E-state index in [1.165, 1.54) is 19.3 Å². The highest BCUT2D eigenvalue weighted by Crippen LogP contribution is 2.55. The van der Waals surface area contributed by atoms with Crippen LogP contribution in [0.2, 0.25) is 0 Å². The van der Waals surface area contributed by atoms with Crippen molar-refractivity contribution in [2.45, 2.75) is 46.1 Å². The van der Waals surface area contributed by atoms with Crippen LogP contribution in [0.1, 0.15) is 40.0 Å². The van der Waals surface area contributed by atoms with E-state index in [0.29, 0.717) is 41.7 Å². The van der Waals surface area contributed by atoms with Crippen molar-refractivity contribution in [3.05, 3.63) is 0 Å². The Morgan fingerprint density at radius 3 is 2.35 bits per heavy atom. The van der Waals surface area contributed by atoms with E-state index in [0.717, 1.165) is 39.3 Å². The summed E-state index contributed by atoms with van der Waals surface area (Å²) in [6.45, 7) is 12.1. The molecule has 4 aliphatic rings. The van der Waals surface area contributed by atoms with Crippen LogP contribution in [0.3, 0.4) is 0 Å². The van der Waals surface area contributed by atoms with Crippen LogP contribution in [-0.4, -0.2) is 78.6 Å². The summed E-state index contributed by atoms with van der Waals surface area (Å²) in [4.78, 5) is 30.9. The van der Waals surface area contributed by atoms with Crippen LogP contribution < -0.4 is 0 Å².